The van der Waals surface area contributed by atoms with Crippen LogP contribution in [0, 0.1) is 0 Å². The molecule has 0 aliphatic rings. The monoisotopic (exact) mass is 142 g/mol. The molecule has 0 fully saturated rings. The molecule has 0 spiro atoms. The normalized spacial score (nSPS) is 9.20. The van der Waals surface area contributed by atoms with Gasteiger partial charge in [-0.3, -0.25) is 0 Å². The van der Waals surface area contributed by atoms with Crippen LogP contribution in [0.2, 0.25) is 0 Å². The summed E-state index contributed by atoms with van der Waals surface area (Å²) in [5.74, 6) is 0.252. The van der Waals surface area contributed by atoms with Crippen LogP contribution >= 0.6 is 0 Å². The van der Waals surface area contributed by atoms with Crippen molar-refractivity contribution in [3.63, 3.8) is 0 Å². The summed E-state index contributed by atoms with van der Waals surface area (Å²) in [6.07, 6.45) is 1.43. The number of nitrogens with one attached hydrogen (secondary N) is 1. The second-order valence-electron chi connectivity index (χ2n) is 1.61. The van der Waals surface area contributed by atoms with Crippen LogP contribution in [-0.2, 0) is 0 Å². The zero-order chi connectivity index (χ0) is 7.56. The summed E-state index contributed by atoms with van der Waals surface area (Å²) >= 11 is 0. The molecule has 1 aromatic heterocycles. The number of nitrogens with two attached hydrogens (primary N) is 1. The lowest BCUT2D eigenvalue weighted by atomic mass is 10.8. The molecule has 0 aromatic carbocycles. The lowest BCUT2D eigenvalue weighted by Crippen LogP contribution is -2.20. The van der Waals surface area contributed by atoms with Crippen LogP contribution in [0.1, 0.15) is 0 Å². The Morgan fingerprint density at radius 1 is 1.90 bits per heavy atom. The molecular weight excluding hydrogens is 136 g/mol. The predicted octanol–water partition coefficient (Wildman–Crippen LogP) is -0.313. The van der Waals surface area contributed by atoms with Crippen LogP contribution < -0.4 is 11.2 Å². The second kappa shape index (κ2) is 2.26. The molecule has 0 radical (unpaired) electrons. The number of amides is 1. The van der Waals surface area contributed by atoms with E-state index in [9.17, 15) is 4.79 Å². The van der Waals surface area contributed by atoms with Crippen molar-refractivity contribution in [1.29, 1.82) is 0 Å². The van der Waals surface area contributed by atoms with Crippen LogP contribution in [0.4, 0.5) is 10.6 Å². The fourth-order valence-corrected chi connectivity index (χ4v) is 0.502. The molecular formula is C4H6N4O2. The molecule has 6 heteroatoms. The summed E-state index contributed by atoms with van der Waals surface area (Å²) in [7, 11) is 0. The van der Waals surface area contributed by atoms with E-state index in [2.05, 4.69) is 4.98 Å². The maximum atomic E-state index is 10.0. The lowest BCUT2D eigenvalue weighted by Gasteiger charge is -2.00. The first-order valence-electron chi connectivity index (χ1n) is 2.48. The number of hydrogen-bond donors (Lipinski definition) is 3. The van der Waals surface area contributed by atoms with Crippen molar-refractivity contribution in [2.75, 3.05) is 11.2 Å². The molecule has 1 heterocycles. The molecule has 1 aromatic rings. The molecule has 0 atom stereocenters. The van der Waals surface area contributed by atoms with Crippen molar-refractivity contribution in [2.24, 2.45) is 0 Å². The highest BCUT2D eigenvalue weighted by Gasteiger charge is 1.98. The van der Waals surface area contributed by atoms with E-state index in [0.717, 1.165) is 4.68 Å². The maximum absolute atomic E-state index is 10.0. The van der Waals surface area contributed by atoms with E-state index in [4.69, 9.17) is 10.8 Å². The number of anilines is 1. The largest absolute Gasteiger partial charge is 0.464 e. The van der Waals surface area contributed by atoms with Crippen molar-refractivity contribution >= 4 is 11.9 Å². The van der Waals surface area contributed by atoms with Gasteiger partial charge < -0.3 is 10.8 Å². The molecule has 0 saturated carbocycles. The van der Waals surface area contributed by atoms with Crippen LogP contribution in [0.15, 0.2) is 12.5 Å². The summed E-state index contributed by atoms with van der Waals surface area (Å²) in [6.45, 7) is 0. The van der Waals surface area contributed by atoms with E-state index in [1.54, 1.807) is 0 Å². The third-order valence-electron chi connectivity index (χ3n) is 0.883. The van der Waals surface area contributed by atoms with Gasteiger partial charge in [0.05, 0.1) is 6.20 Å². The van der Waals surface area contributed by atoms with Crippen molar-refractivity contribution < 1.29 is 9.90 Å². The van der Waals surface area contributed by atoms with Crippen LogP contribution in [0.3, 0.4) is 0 Å². The first-order valence-corrected chi connectivity index (χ1v) is 2.48. The van der Waals surface area contributed by atoms with Gasteiger partial charge in [-0.15, -0.1) is 0 Å². The smallest absolute Gasteiger partial charge is 0.424 e. The first kappa shape index (κ1) is 6.40. The molecule has 4 N–H and O–H groups in total. The molecule has 6 nitrogen and oxygen atoms in total. The topological polar surface area (TPSA) is 93.2 Å². The van der Waals surface area contributed by atoms with Gasteiger partial charge in [-0.2, -0.15) is 0 Å². The molecule has 54 valence electrons. The van der Waals surface area contributed by atoms with Gasteiger partial charge in [0.25, 0.3) is 0 Å². The van der Waals surface area contributed by atoms with Gasteiger partial charge in [-0.25, -0.2) is 19.9 Å². The van der Waals surface area contributed by atoms with Crippen LogP contribution in [0.25, 0.3) is 0 Å². The third kappa shape index (κ3) is 1.16. The second-order valence-corrected chi connectivity index (χ2v) is 1.61. The Kier molecular flexibility index (Phi) is 1.44. The number of nitrogens with zero attached hydrogens (tertiary/aromatic N) is 2. The summed E-state index contributed by atoms with van der Waals surface area (Å²) in [6, 6.07) is 0. The fourth-order valence-electron chi connectivity index (χ4n) is 0.502. The Morgan fingerprint density at radius 2 is 2.60 bits per heavy atom. The van der Waals surface area contributed by atoms with E-state index in [-0.39, 0.29) is 5.82 Å². The molecule has 0 bridgehead atoms. The number of hydrogen-bond acceptors (Lipinski definition) is 3. The van der Waals surface area contributed by atoms with E-state index in [0.29, 0.717) is 0 Å². The Bertz CT molecular complexity index is 243. The Morgan fingerprint density at radius 3 is 3.00 bits per heavy atom. The fraction of sp³-hybridized carbons (Fsp3) is 0. The average Bonchev–Trinajstić information content (AvgIpc) is 2.15. The van der Waals surface area contributed by atoms with Crippen LogP contribution in [-0.4, -0.2) is 20.9 Å². The van der Waals surface area contributed by atoms with Gasteiger partial charge in [-0.1, -0.05) is 0 Å². The van der Waals surface area contributed by atoms with E-state index in [1.807, 2.05) is 5.43 Å². The summed E-state index contributed by atoms with van der Waals surface area (Å²) in [5.41, 5.74) is 7.26. The molecule has 0 aliphatic carbocycles. The molecule has 1 amide bonds. The van der Waals surface area contributed by atoms with E-state index < -0.39 is 6.09 Å². The van der Waals surface area contributed by atoms with Crippen molar-refractivity contribution in [3.05, 3.63) is 12.5 Å². The predicted molar refractivity (Wildman–Crippen MR) is 34.0 cm³/mol. The van der Waals surface area contributed by atoms with Gasteiger partial charge in [0.1, 0.15) is 12.1 Å². The highest BCUT2D eigenvalue weighted by Crippen LogP contribution is 1.94. The number of nitrogen functional groups attached to an aromatic ring is 1. The van der Waals surface area contributed by atoms with Crippen molar-refractivity contribution in [1.82, 2.24) is 9.66 Å². The Balaban J connectivity index is 2.74. The number of rotatable bonds is 1. The number of carboxylic acid groups (broad SMARTS) is 1. The molecule has 0 unspecified atom stereocenters. The van der Waals surface area contributed by atoms with Gasteiger partial charge in [0.15, 0.2) is 0 Å². The van der Waals surface area contributed by atoms with Gasteiger partial charge >= 0.3 is 6.09 Å². The highest BCUT2D eigenvalue weighted by molar-refractivity contribution is 5.73. The molecule has 0 aliphatic heterocycles. The zero-order valence-electron chi connectivity index (χ0n) is 4.98. The minimum Gasteiger partial charge on any atom is -0.464 e. The minimum absolute atomic E-state index is 0.252. The maximum Gasteiger partial charge on any atom is 0.424 e. The lowest BCUT2D eigenvalue weighted by molar-refractivity contribution is 0.206. The summed E-state index contributed by atoms with van der Waals surface area (Å²) in [4.78, 5) is 13.6. The van der Waals surface area contributed by atoms with Crippen molar-refractivity contribution in [2.45, 2.75) is 0 Å². The number of carbonyl (C=O) groups is 1. The quantitative estimate of drug-likeness (QED) is 0.501. The van der Waals surface area contributed by atoms with Crippen LogP contribution in [0.5, 0.6) is 0 Å². The SMILES string of the molecule is Nc1cncn1NC(=O)O. The Labute approximate surface area is 56.3 Å². The minimum atomic E-state index is -1.18. The molecule has 1 rings (SSSR count). The standard InChI is InChI=1S/C4H6N4O2/c5-3-1-6-2-8(3)7-4(9)10/h1-2,7H,5H2,(H,9,10). The van der Waals surface area contributed by atoms with Gasteiger partial charge in [0.2, 0.25) is 0 Å². The van der Waals surface area contributed by atoms with Gasteiger partial charge in [-0.05, 0) is 0 Å². The number of aromatic nitrogens is 2. The summed E-state index contributed by atoms with van der Waals surface area (Å²) in [5, 5.41) is 8.19. The zero-order valence-corrected chi connectivity index (χ0v) is 4.98. The molecule has 10 heavy (non-hydrogen) atoms. The highest BCUT2D eigenvalue weighted by atomic mass is 16.4. The molecule has 0 saturated heterocycles. The first-order chi connectivity index (χ1) is 4.70. The van der Waals surface area contributed by atoms with E-state index >= 15 is 0 Å². The Hall–Kier alpha value is -1.72. The third-order valence-corrected chi connectivity index (χ3v) is 0.883. The average molecular weight is 142 g/mol. The van der Waals surface area contributed by atoms with Gasteiger partial charge in [0, 0.05) is 0 Å². The van der Waals surface area contributed by atoms with Crippen molar-refractivity contribution in [3.8, 4) is 0 Å². The number of imidazole rings is 1. The summed E-state index contributed by atoms with van der Waals surface area (Å²) < 4.78 is 1.10. The van der Waals surface area contributed by atoms with E-state index in [1.165, 1.54) is 12.5 Å².